The first-order valence-corrected chi connectivity index (χ1v) is 4.93. The van der Waals surface area contributed by atoms with Crippen LogP contribution in [0.3, 0.4) is 0 Å². The van der Waals surface area contributed by atoms with Crippen LogP contribution in [0.25, 0.3) is 5.57 Å². The third kappa shape index (κ3) is 4.82. The molecule has 2 heterocycles. The highest BCUT2D eigenvalue weighted by molar-refractivity contribution is 5.92. The minimum Gasteiger partial charge on any atom is -0.366 e. The molecule has 4 nitrogen and oxygen atoms in total. The van der Waals surface area contributed by atoms with Gasteiger partial charge in [-0.2, -0.15) is 0 Å². The van der Waals surface area contributed by atoms with Gasteiger partial charge in [-0.3, -0.25) is 9.78 Å². The second-order valence-electron chi connectivity index (χ2n) is 3.48. The van der Waals surface area contributed by atoms with Crippen LogP contribution in [0.4, 0.5) is 0 Å². The van der Waals surface area contributed by atoms with Crippen LogP contribution < -0.4 is 11.1 Å². The van der Waals surface area contributed by atoms with Crippen molar-refractivity contribution in [3.8, 4) is 0 Å². The molecule has 7 heteroatoms. The van der Waals surface area contributed by atoms with Crippen molar-refractivity contribution >= 4 is 48.7 Å². The predicted octanol–water partition coefficient (Wildman–Crippen LogP) is 1.82. The highest BCUT2D eigenvalue weighted by Crippen LogP contribution is 2.17. The average molecular weight is 313 g/mol. The molecular formula is C11H16Cl3N3O. The maximum atomic E-state index is 10.8. The lowest BCUT2D eigenvalue weighted by molar-refractivity contribution is 0.1000. The molecule has 0 bridgehead atoms. The Kier molecular flexibility index (Phi) is 9.94. The number of pyridine rings is 1. The molecule has 0 saturated heterocycles. The Labute approximate surface area is 125 Å². The van der Waals surface area contributed by atoms with E-state index >= 15 is 0 Å². The average Bonchev–Trinajstić information content (AvgIpc) is 2.30. The first-order chi connectivity index (χ1) is 7.27. The number of hydrogen-bond acceptors (Lipinski definition) is 3. The fourth-order valence-corrected chi connectivity index (χ4v) is 1.58. The standard InChI is InChI=1S/C11H13N3O.3ClH/c12-11(15)9-1-2-10(14-7-9)8-3-5-13-6-4-8;;;/h1-3,7,13H,4-6H2,(H2,12,15);3*1H. The zero-order valence-corrected chi connectivity index (χ0v) is 12.0. The third-order valence-corrected chi connectivity index (χ3v) is 2.44. The van der Waals surface area contributed by atoms with Gasteiger partial charge in [0.15, 0.2) is 0 Å². The van der Waals surface area contributed by atoms with Crippen LogP contribution in [-0.4, -0.2) is 24.0 Å². The molecule has 1 aliphatic rings. The van der Waals surface area contributed by atoms with E-state index in [9.17, 15) is 4.79 Å². The topological polar surface area (TPSA) is 68.0 Å². The molecule has 0 radical (unpaired) electrons. The monoisotopic (exact) mass is 311 g/mol. The van der Waals surface area contributed by atoms with Gasteiger partial charge in [-0.05, 0) is 30.7 Å². The van der Waals surface area contributed by atoms with E-state index in [-0.39, 0.29) is 37.2 Å². The molecule has 1 aliphatic heterocycles. The molecule has 0 aromatic carbocycles. The number of carbonyl (C=O) groups excluding carboxylic acids is 1. The molecule has 1 amide bonds. The Morgan fingerprint density at radius 1 is 1.28 bits per heavy atom. The summed E-state index contributed by atoms with van der Waals surface area (Å²) in [5.74, 6) is -0.437. The number of halogens is 3. The lowest BCUT2D eigenvalue weighted by Crippen LogP contribution is -2.20. The number of nitrogens with one attached hydrogen (secondary N) is 1. The van der Waals surface area contributed by atoms with Gasteiger partial charge in [0.2, 0.25) is 5.91 Å². The molecule has 0 unspecified atom stereocenters. The fraction of sp³-hybridized carbons (Fsp3) is 0.273. The molecule has 1 aromatic rings. The smallest absolute Gasteiger partial charge is 0.250 e. The molecule has 3 N–H and O–H groups in total. The van der Waals surface area contributed by atoms with E-state index in [0.717, 1.165) is 25.2 Å². The van der Waals surface area contributed by atoms with Crippen molar-refractivity contribution in [3.63, 3.8) is 0 Å². The molecule has 18 heavy (non-hydrogen) atoms. The minimum absolute atomic E-state index is 0. The van der Waals surface area contributed by atoms with Crippen LogP contribution in [0, 0.1) is 0 Å². The summed E-state index contributed by atoms with van der Waals surface area (Å²) in [5, 5.41) is 3.24. The number of rotatable bonds is 2. The van der Waals surface area contributed by atoms with Gasteiger partial charge in [-0.25, -0.2) is 0 Å². The van der Waals surface area contributed by atoms with E-state index in [2.05, 4.69) is 16.4 Å². The molecule has 0 fully saturated rings. The van der Waals surface area contributed by atoms with Crippen LogP contribution in [0.5, 0.6) is 0 Å². The summed E-state index contributed by atoms with van der Waals surface area (Å²) in [4.78, 5) is 15.1. The molecule has 0 aliphatic carbocycles. The molecule has 102 valence electrons. The number of hydrogen-bond donors (Lipinski definition) is 2. The van der Waals surface area contributed by atoms with E-state index in [1.807, 2.05) is 6.07 Å². The van der Waals surface area contributed by atoms with E-state index in [1.165, 1.54) is 11.8 Å². The van der Waals surface area contributed by atoms with Gasteiger partial charge in [0, 0.05) is 12.7 Å². The number of nitrogens with two attached hydrogens (primary N) is 1. The van der Waals surface area contributed by atoms with E-state index in [1.54, 1.807) is 6.07 Å². The summed E-state index contributed by atoms with van der Waals surface area (Å²) in [6.07, 6.45) is 4.62. The fourth-order valence-electron chi connectivity index (χ4n) is 1.58. The molecule has 1 aromatic heterocycles. The highest BCUT2D eigenvalue weighted by atomic mass is 35.5. The van der Waals surface area contributed by atoms with Crippen molar-refractivity contribution in [1.29, 1.82) is 0 Å². The van der Waals surface area contributed by atoms with Crippen LogP contribution in [0.1, 0.15) is 22.5 Å². The molecule has 0 atom stereocenters. The van der Waals surface area contributed by atoms with Crippen LogP contribution in [0.15, 0.2) is 24.4 Å². The van der Waals surface area contributed by atoms with Crippen molar-refractivity contribution in [2.45, 2.75) is 6.42 Å². The molecular weight excluding hydrogens is 297 g/mol. The van der Waals surface area contributed by atoms with Gasteiger partial charge in [0.05, 0.1) is 11.3 Å². The van der Waals surface area contributed by atoms with E-state index in [4.69, 9.17) is 5.73 Å². The van der Waals surface area contributed by atoms with Crippen molar-refractivity contribution in [1.82, 2.24) is 10.3 Å². The second kappa shape index (κ2) is 9.16. The van der Waals surface area contributed by atoms with Gasteiger partial charge >= 0.3 is 0 Å². The number of nitrogens with zero attached hydrogens (tertiary/aromatic N) is 1. The van der Waals surface area contributed by atoms with Crippen molar-refractivity contribution in [3.05, 3.63) is 35.7 Å². The van der Waals surface area contributed by atoms with E-state index in [0.29, 0.717) is 5.56 Å². The number of carbonyl (C=O) groups is 1. The van der Waals surface area contributed by atoms with Crippen molar-refractivity contribution < 1.29 is 4.79 Å². The number of primary amides is 1. The summed E-state index contributed by atoms with van der Waals surface area (Å²) in [5.41, 5.74) is 7.75. The first kappa shape index (κ1) is 19.5. The summed E-state index contributed by atoms with van der Waals surface area (Å²) in [6.45, 7) is 1.86. The first-order valence-electron chi connectivity index (χ1n) is 4.93. The minimum atomic E-state index is -0.437. The molecule has 0 spiro atoms. The van der Waals surface area contributed by atoms with Gasteiger partial charge < -0.3 is 11.1 Å². The maximum absolute atomic E-state index is 10.8. The Bertz CT molecular complexity index is 406. The Morgan fingerprint density at radius 3 is 2.44 bits per heavy atom. The third-order valence-electron chi connectivity index (χ3n) is 2.44. The summed E-state index contributed by atoms with van der Waals surface area (Å²) in [6, 6.07) is 3.56. The molecule has 0 saturated carbocycles. The second-order valence-corrected chi connectivity index (χ2v) is 3.48. The van der Waals surface area contributed by atoms with Crippen LogP contribution in [-0.2, 0) is 0 Å². The SMILES string of the molecule is Cl.Cl.Cl.NC(=O)c1ccc(C2=CCNCC2)nc1. The normalized spacial score (nSPS) is 13.2. The number of aromatic nitrogens is 1. The van der Waals surface area contributed by atoms with Crippen molar-refractivity contribution in [2.75, 3.05) is 13.1 Å². The largest absolute Gasteiger partial charge is 0.366 e. The maximum Gasteiger partial charge on any atom is 0.250 e. The highest BCUT2D eigenvalue weighted by Gasteiger charge is 2.07. The van der Waals surface area contributed by atoms with Gasteiger partial charge in [-0.15, -0.1) is 37.2 Å². The van der Waals surface area contributed by atoms with Gasteiger partial charge in [-0.1, -0.05) is 6.08 Å². The summed E-state index contributed by atoms with van der Waals surface area (Å²) in [7, 11) is 0. The van der Waals surface area contributed by atoms with Crippen LogP contribution >= 0.6 is 37.2 Å². The Balaban J connectivity index is 0. The zero-order chi connectivity index (χ0) is 10.7. The lowest BCUT2D eigenvalue weighted by atomic mass is 10.0. The zero-order valence-electron chi connectivity index (χ0n) is 9.59. The predicted molar refractivity (Wildman–Crippen MR) is 80.0 cm³/mol. The lowest BCUT2D eigenvalue weighted by Gasteiger charge is -2.13. The van der Waals surface area contributed by atoms with Crippen LogP contribution in [0.2, 0.25) is 0 Å². The quantitative estimate of drug-likeness (QED) is 0.875. The van der Waals surface area contributed by atoms with Gasteiger partial charge in [0.1, 0.15) is 0 Å². The summed E-state index contributed by atoms with van der Waals surface area (Å²) < 4.78 is 0. The Hall–Kier alpha value is -0.810. The van der Waals surface area contributed by atoms with Gasteiger partial charge in [0.25, 0.3) is 0 Å². The Morgan fingerprint density at radius 2 is 2.00 bits per heavy atom. The number of amides is 1. The van der Waals surface area contributed by atoms with Crippen molar-refractivity contribution in [2.24, 2.45) is 5.73 Å². The molecule has 2 rings (SSSR count). The van der Waals surface area contributed by atoms with E-state index < -0.39 is 5.91 Å². The summed E-state index contributed by atoms with van der Waals surface area (Å²) >= 11 is 0.